The van der Waals surface area contributed by atoms with Crippen molar-refractivity contribution in [2.45, 2.75) is 25.9 Å². The van der Waals surface area contributed by atoms with E-state index in [4.69, 9.17) is 23.2 Å². The van der Waals surface area contributed by atoms with E-state index in [-0.39, 0.29) is 11.8 Å². The highest BCUT2D eigenvalue weighted by Crippen LogP contribution is 2.27. The number of aromatic nitrogens is 4. The summed E-state index contributed by atoms with van der Waals surface area (Å²) >= 11 is 12.4. The van der Waals surface area contributed by atoms with Gasteiger partial charge in [0.15, 0.2) is 0 Å². The lowest BCUT2D eigenvalue weighted by Crippen LogP contribution is -2.38. The van der Waals surface area contributed by atoms with Crippen LogP contribution in [0.15, 0.2) is 42.9 Å². The van der Waals surface area contributed by atoms with Crippen LogP contribution in [0.5, 0.6) is 0 Å². The van der Waals surface area contributed by atoms with Crippen molar-refractivity contribution in [1.82, 2.24) is 24.2 Å². The number of nitrogens with one attached hydrogen (secondary N) is 1. The van der Waals surface area contributed by atoms with Gasteiger partial charge in [-0.25, -0.2) is 9.67 Å². The van der Waals surface area contributed by atoms with Crippen molar-refractivity contribution < 1.29 is 4.79 Å². The highest BCUT2D eigenvalue weighted by Gasteiger charge is 2.26. The van der Waals surface area contributed by atoms with E-state index in [1.807, 2.05) is 36.1 Å². The minimum absolute atomic E-state index is 0.0132. The molecule has 0 spiro atoms. The third-order valence-electron chi connectivity index (χ3n) is 5.56. The Morgan fingerprint density at radius 1 is 1.17 bits per heavy atom. The molecule has 1 amide bonds. The number of benzene rings is 1. The monoisotopic (exact) mass is 446 g/mol. The van der Waals surface area contributed by atoms with Crippen LogP contribution in [0.25, 0.3) is 0 Å². The van der Waals surface area contributed by atoms with Crippen LogP contribution >= 0.6 is 23.2 Å². The van der Waals surface area contributed by atoms with Gasteiger partial charge >= 0.3 is 0 Å². The Bertz CT molecular complexity index is 1020. The molecule has 3 heterocycles. The minimum Gasteiger partial charge on any atom is -0.337 e. The highest BCUT2D eigenvalue weighted by molar-refractivity contribution is 6.42. The number of nitrogens with zero attached hydrogens (tertiary/aromatic N) is 5. The van der Waals surface area contributed by atoms with Gasteiger partial charge in [-0.3, -0.25) is 9.69 Å². The summed E-state index contributed by atoms with van der Waals surface area (Å²) in [4.78, 5) is 19.6. The van der Waals surface area contributed by atoms with E-state index in [0.717, 1.165) is 43.9 Å². The summed E-state index contributed by atoms with van der Waals surface area (Å²) < 4.78 is 3.76. The SMILES string of the molecule is Cn1ccnc1CN1CCC(C(=O)Nc2ccnn2Cc2cccc(Cl)c2Cl)CC1. The van der Waals surface area contributed by atoms with E-state index in [9.17, 15) is 4.79 Å². The van der Waals surface area contributed by atoms with Crippen molar-refractivity contribution >= 4 is 34.9 Å². The van der Waals surface area contributed by atoms with Gasteiger partial charge in [-0.15, -0.1) is 0 Å². The second-order valence-electron chi connectivity index (χ2n) is 7.58. The maximum Gasteiger partial charge on any atom is 0.228 e. The molecule has 9 heteroatoms. The molecule has 1 fully saturated rings. The van der Waals surface area contributed by atoms with Gasteiger partial charge in [-0.1, -0.05) is 35.3 Å². The molecule has 1 aliphatic rings. The van der Waals surface area contributed by atoms with Crippen LogP contribution in [0.3, 0.4) is 0 Å². The smallest absolute Gasteiger partial charge is 0.228 e. The molecule has 1 aliphatic heterocycles. The van der Waals surface area contributed by atoms with Gasteiger partial charge in [0, 0.05) is 31.4 Å². The summed E-state index contributed by atoms with van der Waals surface area (Å²) in [6.45, 7) is 3.00. The lowest BCUT2D eigenvalue weighted by atomic mass is 9.96. The summed E-state index contributed by atoms with van der Waals surface area (Å²) in [5.41, 5.74) is 0.853. The van der Waals surface area contributed by atoms with Gasteiger partial charge < -0.3 is 9.88 Å². The zero-order chi connectivity index (χ0) is 21.1. The van der Waals surface area contributed by atoms with E-state index < -0.39 is 0 Å². The van der Waals surface area contributed by atoms with Gasteiger partial charge in [0.25, 0.3) is 0 Å². The van der Waals surface area contributed by atoms with Crippen molar-refractivity contribution in [3.63, 3.8) is 0 Å². The molecule has 0 aliphatic carbocycles. The number of piperidine rings is 1. The van der Waals surface area contributed by atoms with Crippen LogP contribution in [-0.2, 0) is 24.9 Å². The van der Waals surface area contributed by atoms with Gasteiger partial charge in [0.05, 0.1) is 29.3 Å². The lowest BCUT2D eigenvalue weighted by molar-refractivity contribution is -0.121. The van der Waals surface area contributed by atoms with Gasteiger partial charge in [-0.2, -0.15) is 5.10 Å². The van der Waals surface area contributed by atoms with Crippen molar-refractivity contribution in [1.29, 1.82) is 0 Å². The van der Waals surface area contributed by atoms with Crippen LogP contribution in [0.2, 0.25) is 10.0 Å². The molecule has 1 aromatic carbocycles. The molecular weight excluding hydrogens is 423 g/mol. The molecule has 4 rings (SSSR count). The standard InChI is InChI=1S/C21H24Cl2N6O/c1-27-12-9-24-19(27)14-28-10-6-15(7-11-28)21(30)26-18-5-8-25-29(18)13-16-3-2-4-17(22)20(16)23/h2-5,8-9,12,15H,6-7,10-11,13-14H2,1H3,(H,26,30). The molecule has 0 bridgehead atoms. The molecule has 0 unspecified atom stereocenters. The van der Waals surface area contributed by atoms with Gasteiger partial charge in [0.2, 0.25) is 5.91 Å². The molecule has 0 saturated carbocycles. The molecule has 0 radical (unpaired) electrons. The number of likely N-dealkylation sites (tertiary alicyclic amines) is 1. The number of halogens is 2. The molecular formula is C21H24Cl2N6O. The molecule has 3 aromatic rings. The minimum atomic E-state index is -0.0132. The first-order valence-corrected chi connectivity index (χ1v) is 10.7. The third-order valence-corrected chi connectivity index (χ3v) is 6.42. The molecule has 1 saturated heterocycles. The van der Waals surface area contributed by atoms with Crippen LogP contribution in [-0.4, -0.2) is 43.2 Å². The van der Waals surface area contributed by atoms with E-state index >= 15 is 0 Å². The van der Waals surface area contributed by atoms with Gasteiger partial charge in [0.1, 0.15) is 11.6 Å². The number of hydrogen-bond acceptors (Lipinski definition) is 4. The first-order chi connectivity index (χ1) is 14.5. The maximum atomic E-state index is 12.8. The lowest BCUT2D eigenvalue weighted by Gasteiger charge is -2.30. The van der Waals surface area contributed by atoms with Crippen LogP contribution in [0, 0.1) is 5.92 Å². The molecule has 0 atom stereocenters. The fourth-order valence-electron chi connectivity index (χ4n) is 3.73. The number of carbonyl (C=O) groups excluding carboxylic acids is 1. The maximum absolute atomic E-state index is 12.8. The van der Waals surface area contributed by atoms with E-state index in [1.165, 1.54) is 0 Å². The summed E-state index contributed by atoms with van der Waals surface area (Å²) in [6.07, 6.45) is 7.09. The topological polar surface area (TPSA) is 68.0 Å². The number of hydrogen-bond donors (Lipinski definition) is 1. The average molecular weight is 447 g/mol. The van der Waals surface area contributed by atoms with Crippen molar-refractivity contribution in [3.8, 4) is 0 Å². The Balaban J connectivity index is 1.33. The fourth-order valence-corrected chi connectivity index (χ4v) is 4.11. The van der Waals surface area contributed by atoms with E-state index in [1.54, 1.807) is 23.0 Å². The molecule has 30 heavy (non-hydrogen) atoms. The first-order valence-electron chi connectivity index (χ1n) is 9.95. The number of carbonyl (C=O) groups is 1. The predicted octanol–water partition coefficient (Wildman–Crippen LogP) is 3.82. The average Bonchev–Trinajstić information content (AvgIpc) is 3.35. The van der Waals surface area contributed by atoms with E-state index in [2.05, 4.69) is 20.3 Å². The van der Waals surface area contributed by atoms with Crippen LogP contribution in [0.4, 0.5) is 5.82 Å². The zero-order valence-electron chi connectivity index (χ0n) is 16.8. The summed E-state index contributed by atoms with van der Waals surface area (Å²) in [5, 5.41) is 8.37. The predicted molar refractivity (Wildman–Crippen MR) is 118 cm³/mol. The van der Waals surface area contributed by atoms with Crippen molar-refractivity contribution in [2.24, 2.45) is 13.0 Å². The molecule has 2 aromatic heterocycles. The number of aryl methyl sites for hydroxylation is 1. The summed E-state index contributed by atoms with van der Waals surface area (Å²) in [6, 6.07) is 7.30. The Hall–Kier alpha value is -2.35. The molecule has 1 N–H and O–H groups in total. The van der Waals surface area contributed by atoms with Gasteiger partial charge in [-0.05, 0) is 37.6 Å². The molecule has 7 nitrogen and oxygen atoms in total. The largest absolute Gasteiger partial charge is 0.337 e. The number of anilines is 1. The Morgan fingerprint density at radius 3 is 2.70 bits per heavy atom. The normalized spacial score (nSPS) is 15.4. The number of amides is 1. The van der Waals surface area contributed by atoms with Crippen molar-refractivity contribution in [3.05, 3.63) is 64.3 Å². The Morgan fingerprint density at radius 2 is 1.97 bits per heavy atom. The number of rotatable bonds is 6. The summed E-state index contributed by atoms with van der Waals surface area (Å²) in [5.74, 6) is 1.72. The van der Waals surface area contributed by atoms with E-state index in [0.29, 0.717) is 22.4 Å². The van der Waals surface area contributed by atoms with Crippen LogP contribution < -0.4 is 5.32 Å². The fraction of sp³-hybridized carbons (Fsp3) is 0.381. The third kappa shape index (κ3) is 4.69. The zero-order valence-corrected chi connectivity index (χ0v) is 18.3. The summed E-state index contributed by atoms with van der Waals surface area (Å²) in [7, 11) is 2.00. The van der Waals surface area contributed by atoms with Crippen LogP contribution in [0.1, 0.15) is 24.2 Å². The quantitative estimate of drug-likeness (QED) is 0.624. The first kappa shape index (κ1) is 20.9. The number of imidazole rings is 1. The van der Waals surface area contributed by atoms with Crippen molar-refractivity contribution in [2.75, 3.05) is 18.4 Å². The second-order valence-corrected chi connectivity index (χ2v) is 8.37. The molecule has 158 valence electrons. The highest BCUT2D eigenvalue weighted by atomic mass is 35.5. The Kier molecular flexibility index (Phi) is 6.41. The Labute approximate surface area is 185 Å². The second kappa shape index (κ2) is 9.20.